The first-order valence-corrected chi connectivity index (χ1v) is 7.62. The Morgan fingerprint density at radius 3 is 2.41 bits per heavy atom. The average molecular weight is 322 g/mol. The number of ether oxygens (including phenoxy) is 1. The molecule has 2 rings (SSSR count). The van der Waals surface area contributed by atoms with Gasteiger partial charge in [-0.05, 0) is 6.07 Å². The fraction of sp³-hybridized carbons (Fsp3) is 0.0714. The molecule has 0 aliphatic heterocycles. The summed E-state index contributed by atoms with van der Waals surface area (Å²) in [5.74, 6) is 3.96. The Balaban J connectivity index is 2.63. The third kappa shape index (κ3) is 2.93. The van der Waals surface area contributed by atoms with Crippen molar-refractivity contribution in [2.24, 2.45) is 5.84 Å². The zero-order chi connectivity index (χ0) is 16.3. The molecule has 0 heterocycles. The Morgan fingerprint density at radius 2 is 1.86 bits per heavy atom. The third-order valence-corrected chi connectivity index (χ3v) is 4.22. The minimum Gasteiger partial charge on any atom is -0.507 e. The highest BCUT2D eigenvalue weighted by Crippen LogP contribution is 2.32. The standard InChI is InChI=1S/C14H14N2O5S/c1-21-12-8-11(17)10(7-13(12)22(19,20)16-15)14(18)9-5-3-2-4-6-9/h2-8,16-17H,15H2,1H3. The van der Waals surface area contributed by atoms with Gasteiger partial charge in [-0.2, -0.15) is 0 Å². The molecule has 8 heteroatoms. The summed E-state index contributed by atoms with van der Waals surface area (Å²) in [4.78, 5) is 13.7. The largest absolute Gasteiger partial charge is 0.507 e. The lowest BCUT2D eigenvalue weighted by atomic mass is 10.0. The Bertz CT molecular complexity index is 803. The number of benzene rings is 2. The third-order valence-electron chi connectivity index (χ3n) is 3.01. The van der Waals surface area contributed by atoms with Gasteiger partial charge in [0.2, 0.25) is 0 Å². The maximum atomic E-state index is 12.4. The molecule has 0 saturated heterocycles. The SMILES string of the molecule is COc1cc(O)c(C(=O)c2ccccc2)cc1S(=O)(=O)NN. The summed E-state index contributed by atoms with van der Waals surface area (Å²) >= 11 is 0. The maximum Gasteiger partial charge on any atom is 0.256 e. The van der Waals surface area contributed by atoms with Crippen molar-refractivity contribution in [1.29, 1.82) is 0 Å². The van der Waals surface area contributed by atoms with E-state index in [0.717, 1.165) is 12.1 Å². The van der Waals surface area contributed by atoms with E-state index in [4.69, 9.17) is 10.6 Å². The van der Waals surface area contributed by atoms with Crippen molar-refractivity contribution in [2.75, 3.05) is 7.11 Å². The van der Waals surface area contributed by atoms with Crippen LogP contribution in [0.15, 0.2) is 47.4 Å². The number of nitrogens with two attached hydrogens (primary N) is 1. The number of hydrogen-bond acceptors (Lipinski definition) is 6. The maximum absolute atomic E-state index is 12.4. The summed E-state index contributed by atoms with van der Waals surface area (Å²) in [5.41, 5.74) is 0.146. The molecule has 0 amide bonds. The predicted octanol–water partition coefficient (Wildman–Crippen LogP) is 0.784. The van der Waals surface area contributed by atoms with Crippen LogP contribution < -0.4 is 15.4 Å². The minimum atomic E-state index is -4.06. The van der Waals surface area contributed by atoms with Crippen LogP contribution in [-0.2, 0) is 10.0 Å². The Labute approximate surface area is 127 Å². The number of phenols is 1. The summed E-state index contributed by atoms with van der Waals surface area (Å²) in [6, 6.07) is 10.3. The summed E-state index contributed by atoms with van der Waals surface area (Å²) in [6.45, 7) is 0. The zero-order valence-corrected chi connectivity index (χ0v) is 12.4. The summed E-state index contributed by atoms with van der Waals surface area (Å²) < 4.78 is 28.7. The molecule has 0 aliphatic carbocycles. The van der Waals surface area contributed by atoms with Crippen molar-refractivity contribution in [3.63, 3.8) is 0 Å². The van der Waals surface area contributed by atoms with Gasteiger partial charge < -0.3 is 9.84 Å². The lowest BCUT2D eigenvalue weighted by molar-refractivity contribution is 0.103. The lowest BCUT2D eigenvalue weighted by Crippen LogP contribution is -2.30. The van der Waals surface area contributed by atoms with E-state index in [2.05, 4.69) is 0 Å². The van der Waals surface area contributed by atoms with Gasteiger partial charge in [0.15, 0.2) is 5.78 Å². The summed E-state index contributed by atoms with van der Waals surface area (Å²) in [5, 5.41) is 9.97. The van der Waals surface area contributed by atoms with E-state index < -0.39 is 15.8 Å². The number of phenolic OH excluding ortho intramolecular Hbond substituents is 1. The molecule has 22 heavy (non-hydrogen) atoms. The molecule has 0 unspecified atom stereocenters. The van der Waals surface area contributed by atoms with Crippen molar-refractivity contribution >= 4 is 15.8 Å². The molecule has 0 fully saturated rings. The second-order valence-corrected chi connectivity index (χ2v) is 6.02. The fourth-order valence-electron chi connectivity index (χ4n) is 1.91. The highest BCUT2D eigenvalue weighted by molar-refractivity contribution is 7.89. The van der Waals surface area contributed by atoms with E-state index in [0.29, 0.717) is 5.56 Å². The monoisotopic (exact) mass is 322 g/mol. The smallest absolute Gasteiger partial charge is 0.256 e. The molecule has 0 radical (unpaired) electrons. The Kier molecular flexibility index (Phi) is 4.45. The number of nitrogens with one attached hydrogen (secondary N) is 1. The number of methoxy groups -OCH3 is 1. The molecule has 4 N–H and O–H groups in total. The molecule has 0 aliphatic rings. The molecule has 2 aromatic carbocycles. The first-order chi connectivity index (χ1) is 10.4. The van der Waals surface area contributed by atoms with Crippen molar-refractivity contribution in [3.8, 4) is 11.5 Å². The molecule has 0 spiro atoms. The number of carbonyl (C=O) groups excluding carboxylic acids is 1. The highest BCUT2D eigenvalue weighted by atomic mass is 32.2. The number of hydrazine groups is 1. The molecule has 7 nitrogen and oxygen atoms in total. The van der Waals surface area contributed by atoms with E-state index in [1.165, 1.54) is 7.11 Å². The molecule has 0 saturated carbocycles. The van der Waals surface area contributed by atoms with Crippen LogP contribution in [0.1, 0.15) is 15.9 Å². The lowest BCUT2D eigenvalue weighted by Gasteiger charge is -2.12. The van der Waals surface area contributed by atoms with Gasteiger partial charge in [-0.3, -0.25) is 10.6 Å². The van der Waals surface area contributed by atoms with Crippen LogP contribution in [0, 0.1) is 0 Å². The Morgan fingerprint density at radius 1 is 1.23 bits per heavy atom. The van der Waals surface area contributed by atoms with Crippen LogP contribution in [0.2, 0.25) is 0 Å². The van der Waals surface area contributed by atoms with E-state index in [9.17, 15) is 18.3 Å². The highest BCUT2D eigenvalue weighted by Gasteiger charge is 2.24. The molecule has 0 bridgehead atoms. The van der Waals surface area contributed by atoms with Crippen LogP contribution in [0.25, 0.3) is 0 Å². The quantitative estimate of drug-likeness (QED) is 0.425. The van der Waals surface area contributed by atoms with Crippen molar-refractivity contribution in [2.45, 2.75) is 4.90 Å². The van der Waals surface area contributed by atoms with Gasteiger partial charge in [0.25, 0.3) is 10.0 Å². The number of aromatic hydroxyl groups is 1. The molecular formula is C14H14N2O5S. The normalized spacial score (nSPS) is 11.2. The van der Waals surface area contributed by atoms with Gasteiger partial charge in [0, 0.05) is 11.6 Å². The van der Waals surface area contributed by atoms with Crippen LogP contribution in [0.3, 0.4) is 0 Å². The van der Waals surface area contributed by atoms with Gasteiger partial charge in [-0.1, -0.05) is 30.3 Å². The fourth-order valence-corrected chi connectivity index (χ4v) is 2.72. The van der Waals surface area contributed by atoms with E-state index in [-0.39, 0.29) is 22.0 Å². The van der Waals surface area contributed by atoms with Crippen LogP contribution in [0.4, 0.5) is 0 Å². The predicted molar refractivity (Wildman–Crippen MR) is 79.0 cm³/mol. The van der Waals surface area contributed by atoms with Crippen LogP contribution in [0.5, 0.6) is 11.5 Å². The summed E-state index contributed by atoms with van der Waals surface area (Å²) in [7, 11) is -2.82. The first kappa shape index (κ1) is 16.0. The first-order valence-electron chi connectivity index (χ1n) is 6.14. The Hall–Kier alpha value is -2.42. The van der Waals surface area contributed by atoms with Gasteiger partial charge in [-0.15, -0.1) is 4.83 Å². The molecule has 0 atom stereocenters. The molecule has 0 aromatic heterocycles. The topological polar surface area (TPSA) is 119 Å². The van der Waals surface area contributed by atoms with Crippen LogP contribution >= 0.6 is 0 Å². The number of carbonyl (C=O) groups is 1. The zero-order valence-electron chi connectivity index (χ0n) is 11.6. The van der Waals surface area contributed by atoms with Gasteiger partial charge in [0.1, 0.15) is 16.4 Å². The number of rotatable bonds is 5. The van der Waals surface area contributed by atoms with E-state index >= 15 is 0 Å². The van der Waals surface area contributed by atoms with Gasteiger partial charge >= 0.3 is 0 Å². The van der Waals surface area contributed by atoms with Crippen molar-refractivity contribution in [1.82, 2.24) is 4.83 Å². The molecule has 2 aromatic rings. The summed E-state index contributed by atoms with van der Waals surface area (Å²) in [6.07, 6.45) is 0. The second-order valence-electron chi connectivity index (χ2n) is 4.34. The molecule has 116 valence electrons. The van der Waals surface area contributed by atoms with Crippen LogP contribution in [-0.4, -0.2) is 26.4 Å². The van der Waals surface area contributed by atoms with Crippen molar-refractivity contribution < 1.29 is 23.1 Å². The average Bonchev–Trinajstić information content (AvgIpc) is 2.54. The number of hydrogen-bond donors (Lipinski definition) is 3. The van der Waals surface area contributed by atoms with E-state index in [1.54, 1.807) is 35.2 Å². The van der Waals surface area contributed by atoms with Gasteiger partial charge in [0.05, 0.1) is 12.7 Å². The van der Waals surface area contributed by atoms with Gasteiger partial charge in [-0.25, -0.2) is 8.42 Å². The van der Waals surface area contributed by atoms with E-state index in [1.807, 2.05) is 0 Å². The molecular weight excluding hydrogens is 308 g/mol. The second kappa shape index (κ2) is 6.14. The van der Waals surface area contributed by atoms with Crippen molar-refractivity contribution in [3.05, 3.63) is 53.6 Å². The number of ketones is 1. The minimum absolute atomic E-state index is 0.125. The number of sulfonamides is 1.